The number of anilines is 1. The summed E-state index contributed by atoms with van der Waals surface area (Å²) in [5, 5.41) is 9.44. The summed E-state index contributed by atoms with van der Waals surface area (Å²) in [6.45, 7) is 6.18. The fourth-order valence-electron chi connectivity index (χ4n) is 2.15. The summed E-state index contributed by atoms with van der Waals surface area (Å²) in [6, 6.07) is 6.89. The highest BCUT2D eigenvalue weighted by molar-refractivity contribution is 7.99. The molecule has 2 aromatic rings. The van der Waals surface area contributed by atoms with E-state index in [4.69, 9.17) is 4.52 Å². The van der Waals surface area contributed by atoms with Crippen molar-refractivity contribution in [3.8, 4) is 0 Å². The van der Waals surface area contributed by atoms with Crippen molar-refractivity contribution in [3.63, 3.8) is 0 Å². The van der Waals surface area contributed by atoms with Crippen LogP contribution >= 0.6 is 11.8 Å². The van der Waals surface area contributed by atoms with Crippen LogP contribution in [0.5, 0.6) is 0 Å². The number of nitrogens with zero attached hydrogens (tertiary/aromatic N) is 1. The molecule has 0 radical (unpaired) electrons. The summed E-state index contributed by atoms with van der Waals surface area (Å²) in [6.07, 6.45) is 0. The van der Waals surface area contributed by atoms with Crippen molar-refractivity contribution in [2.45, 2.75) is 26.5 Å². The molecule has 0 saturated heterocycles. The van der Waals surface area contributed by atoms with Gasteiger partial charge in [0, 0.05) is 29.1 Å². The highest BCUT2D eigenvalue weighted by Crippen LogP contribution is 2.19. The second-order valence-corrected chi connectivity index (χ2v) is 6.27. The average Bonchev–Trinajstić information content (AvgIpc) is 2.87. The molecule has 0 aliphatic rings. The van der Waals surface area contributed by atoms with Crippen LogP contribution in [0.2, 0.25) is 0 Å². The lowest BCUT2D eigenvalue weighted by Gasteiger charge is -2.07. The largest absolute Gasteiger partial charge is 0.361 e. The van der Waals surface area contributed by atoms with Crippen molar-refractivity contribution < 1.29 is 14.1 Å². The van der Waals surface area contributed by atoms with Crippen LogP contribution in [0.25, 0.3) is 0 Å². The third-order valence-electron chi connectivity index (χ3n) is 3.41. The number of benzene rings is 1. The van der Waals surface area contributed by atoms with Gasteiger partial charge in [0.05, 0.1) is 11.4 Å². The van der Waals surface area contributed by atoms with Crippen molar-refractivity contribution in [1.82, 2.24) is 10.5 Å². The van der Waals surface area contributed by atoms with Gasteiger partial charge in [0.15, 0.2) is 0 Å². The molecule has 7 heteroatoms. The second-order valence-electron chi connectivity index (χ2n) is 5.28. The maximum absolute atomic E-state index is 12.0. The number of aryl methyl sites for hydroxylation is 2. The maximum atomic E-state index is 12.0. The molecule has 0 aliphatic heterocycles. The Morgan fingerprint density at radius 3 is 2.75 bits per heavy atom. The number of hydrogen-bond acceptors (Lipinski definition) is 5. The number of nitrogens with one attached hydrogen (secondary N) is 2. The van der Waals surface area contributed by atoms with Crippen molar-refractivity contribution in [1.29, 1.82) is 0 Å². The lowest BCUT2D eigenvalue weighted by Crippen LogP contribution is -2.23. The fraction of sp³-hybridized carbons (Fsp3) is 0.353. The molecule has 1 heterocycles. The second kappa shape index (κ2) is 8.54. The van der Waals surface area contributed by atoms with Gasteiger partial charge in [-0.05, 0) is 39.0 Å². The Morgan fingerprint density at radius 1 is 1.29 bits per heavy atom. The van der Waals surface area contributed by atoms with Crippen LogP contribution in [0.4, 0.5) is 5.69 Å². The van der Waals surface area contributed by atoms with Crippen LogP contribution in [0.15, 0.2) is 28.8 Å². The molecule has 0 atom stereocenters. The van der Waals surface area contributed by atoms with Crippen molar-refractivity contribution in [2.75, 3.05) is 17.6 Å². The van der Waals surface area contributed by atoms with E-state index in [9.17, 15) is 9.59 Å². The van der Waals surface area contributed by atoms with Crippen molar-refractivity contribution in [3.05, 3.63) is 46.8 Å². The van der Waals surface area contributed by atoms with Gasteiger partial charge in [-0.1, -0.05) is 11.2 Å². The summed E-state index contributed by atoms with van der Waals surface area (Å²) in [5.74, 6) is 1.51. The molecular weight excluding hydrogens is 326 g/mol. The zero-order chi connectivity index (χ0) is 17.5. The van der Waals surface area contributed by atoms with E-state index in [1.165, 1.54) is 11.8 Å². The zero-order valence-electron chi connectivity index (χ0n) is 14.0. The first-order chi connectivity index (χ1) is 11.5. The monoisotopic (exact) mass is 347 g/mol. The van der Waals surface area contributed by atoms with Gasteiger partial charge in [-0.15, -0.1) is 11.8 Å². The molecule has 6 nitrogen and oxygen atoms in total. The minimum absolute atomic E-state index is 0.111. The summed E-state index contributed by atoms with van der Waals surface area (Å²) < 4.78 is 5.10. The normalized spacial score (nSPS) is 10.5. The summed E-state index contributed by atoms with van der Waals surface area (Å²) in [7, 11) is 0. The number of aromatic nitrogens is 1. The Labute approximate surface area is 145 Å². The number of carbonyl (C=O) groups is 2. The highest BCUT2D eigenvalue weighted by atomic mass is 32.2. The molecule has 1 aromatic heterocycles. The van der Waals surface area contributed by atoms with E-state index >= 15 is 0 Å². The van der Waals surface area contributed by atoms with Crippen LogP contribution in [0, 0.1) is 13.8 Å². The molecule has 0 unspecified atom stereocenters. The Hall–Kier alpha value is -2.28. The smallest absolute Gasteiger partial charge is 0.251 e. The van der Waals surface area contributed by atoms with Gasteiger partial charge in [-0.2, -0.15) is 0 Å². The molecule has 24 heavy (non-hydrogen) atoms. The summed E-state index contributed by atoms with van der Waals surface area (Å²) >= 11 is 1.49. The van der Waals surface area contributed by atoms with Gasteiger partial charge in [-0.25, -0.2) is 0 Å². The minimum atomic E-state index is -0.151. The van der Waals surface area contributed by atoms with Crippen molar-refractivity contribution >= 4 is 29.3 Å². The van der Waals surface area contributed by atoms with E-state index < -0.39 is 0 Å². The number of carbonyl (C=O) groups excluding carboxylic acids is 2. The molecule has 0 fully saturated rings. The van der Waals surface area contributed by atoms with Crippen LogP contribution in [-0.2, 0) is 10.5 Å². The predicted molar refractivity (Wildman–Crippen MR) is 95.2 cm³/mol. The Balaban J connectivity index is 1.86. The van der Waals surface area contributed by atoms with Gasteiger partial charge in [0.1, 0.15) is 5.76 Å². The lowest BCUT2D eigenvalue weighted by atomic mass is 10.2. The predicted octanol–water partition coefficient (Wildman–Crippen LogP) is 2.91. The molecular formula is C17H21N3O3S. The van der Waals surface area contributed by atoms with Crippen LogP contribution < -0.4 is 10.6 Å². The standard InChI is InChI=1S/C17H21N3O3S/c1-4-18-17(22)13-6-5-7-14(8-13)19-16(21)10-24-9-15-11(2)20-23-12(15)3/h5-8H,4,9-10H2,1-3H3,(H,18,22)(H,19,21). The molecule has 128 valence electrons. The molecule has 0 spiro atoms. The molecule has 0 aliphatic carbocycles. The van der Waals surface area contributed by atoms with Gasteiger partial charge in [0.25, 0.3) is 5.91 Å². The van der Waals surface area contributed by atoms with E-state index in [2.05, 4.69) is 15.8 Å². The first kappa shape index (κ1) is 18.1. The fourth-order valence-corrected chi connectivity index (χ4v) is 3.13. The number of thioether (sulfide) groups is 1. The van der Waals surface area contributed by atoms with E-state index in [1.54, 1.807) is 24.3 Å². The number of rotatable bonds is 7. The quantitative estimate of drug-likeness (QED) is 0.804. The molecule has 0 bridgehead atoms. The first-order valence-electron chi connectivity index (χ1n) is 7.69. The minimum Gasteiger partial charge on any atom is -0.361 e. The third kappa shape index (κ3) is 4.86. The Bertz CT molecular complexity index is 708. The number of hydrogen-bond donors (Lipinski definition) is 2. The number of amides is 2. The molecule has 0 saturated carbocycles. The lowest BCUT2D eigenvalue weighted by molar-refractivity contribution is -0.113. The van der Waals surface area contributed by atoms with Crippen LogP contribution in [0.1, 0.15) is 34.3 Å². The molecule has 2 rings (SSSR count). The van der Waals surface area contributed by atoms with Crippen LogP contribution in [0.3, 0.4) is 0 Å². The Morgan fingerprint density at radius 2 is 2.08 bits per heavy atom. The Kier molecular flexibility index (Phi) is 6.43. The maximum Gasteiger partial charge on any atom is 0.251 e. The molecule has 2 N–H and O–H groups in total. The van der Waals surface area contributed by atoms with E-state index in [-0.39, 0.29) is 11.8 Å². The van der Waals surface area contributed by atoms with Gasteiger partial charge >= 0.3 is 0 Å². The van der Waals surface area contributed by atoms with E-state index in [1.807, 2.05) is 20.8 Å². The molecule has 2 amide bonds. The highest BCUT2D eigenvalue weighted by Gasteiger charge is 2.11. The zero-order valence-corrected chi connectivity index (χ0v) is 14.8. The summed E-state index contributed by atoms with van der Waals surface area (Å²) in [5.41, 5.74) is 3.03. The van der Waals surface area contributed by atoms with Gasteiger partial charge < -0.3 is 15.2 Å². The van der Waals surface area contributed by atoms with Crippen molar-refractivity contribution in [2.24, 2.45) is 0 Å². The average molecular weight is 347 g/mol. The third-order valence-corrected chi connectivity index (χ3v) is 4.37. The van der Waals surface area contributed by atoms with Crippen LogP contribution in [-0.4, -0.2) is 29.3 Å². The SMILES string of the molecule is CCNC(=O)c1cccc(NC(=O)CSCc2c(C)noc2C)c1. The summed E-state index contributed by atoms with van der Waals surface area (Å²) in [4.78, 5) is 23.9. The first-order valence-corrected chi connectivity index (χ1v) is 8.84. The van der Waals surface area contributed by atoms with E-state index in [0.29, 0.717) is 29.3 Å². The van der Waals surface area contributed by atoms with E-state index in [0.717, 1.165) is 17.0 Å². The molecule has 1 aromatic carbocycles. The topological polar surface area (TPSA) is 84.2 Å². The van der Waals surface area contributed by atoms with Gasteiger partial charge in [0.2, 0.25) is 5.91 Å². The van der Waals surface area contributed by atoms with Gasteiger partial charge in [-0.3, -0.25) is 9.59 Å².